The van der Waals surface area contributed by atoms with Gasteiger partial charge in [-0.3, -0.25) is 10.6 Å². The van der Waals surface area contributed by atoms with Crippen LogP contribution in [0.15, 0.2) is 35.3 Å². The van der Waals surface area contributed by atoms with Gasteiger partial charge in [0.1, 0.15) is 0 Å². The van der Waals surface area contributed by atoms with E-state index in [4.69, 9.17) is 11.5 Å². The quantitative estimate of drug-likeness (QED) is 0.584. The van der Waals surface area contributed by atoms with Crippen LogP contribution in [0.25, 0.3) is 0 Å². The predicted octanol–water partition coefficient (Wildman–Crippen LogP) is 3.00. The van der Waals surface area contributed by atoms with Crippen LogP contribution in [0.4, 0.5) is 11.5 Å². The first-order valence-electron chi connectivity index (χ1n) is 14.3. The molecular weight excluding hydrogens is 462 g/mol. The molecule has 198 valence electrons. The SMILES string of the molecule is NC1=NC(N)(c2ccc(N3CCN(C4CCCCC4)CC3)cc2)NN1c1cc2c(nn1)CCCCCC2. The van der Waals surface area contributed by atoms with Gasteiger partial charge >= 0.3 is 0 Å². The van der Waals surface area contributed by atoms with Crippen molar-refractivity contribution in [2.45, 2.75) is 82.5 Å². The van der Waals surface area contributed by atoms with Gasteiger partial charge in [0, 0.05) is 43.5 Å². The Balaban J connectivity index is 1.11. The lowest BCUT2D eigenvalue weighted by molar-refractivity contribution is 0.148. The molecule has 9 heteroatoms. The molecule has 2 fully saturated rings. The van der Waals surface area contributed by atoms with Crippen LogP contribution in [-0.2, 0) is 18.6 Å². The zero-order valence-corrected chi connectivity index (χ0v) is 21.9. The molecule has 2 aromatic rings. The van der Waals surface area contributed by atoms with Gasteiger partial charge in [-0.25, -0.2) is 10.0 Å². The molecule has 1 unspecified atom stereocenters. The molecular formula is C28H41N9. The molecule has 0 spiro atoms. The number of guanidine groups is 1. The second-order valence-electron chi connectivity index (χ2n) is 11.1. The zero-order chi connectivity index (χ0) is 25.2. The lowest BCUT2D eigenvalue weighted by Crippen LogP contribution is -2.53. The molecule has 37 heavy (non-hydrogen) atoms. The molecule has 2 aliphatic carbocycles. The van der Waals surface area contributed by atoms with Crippen molar-refractivity contribution in [1.29, 1.82) is 0 Å². The molecule has 1 saturated heterocycles. The van der Waals surface area contributed by atoms with Gasteiger partial charge in [-0.15, -0.1) is 5.10 Å². The normalized spacial score (nSPS) is 25.9. The fraction of sp³-hybridized carbons (Fsp3) is 0.607. The topological polar surface area (TPSA) is 112 Å². The van der Waals surface area contributed by atoms with Crippen molar-refractivity contribution in [3.8, 4) is 0 Å². The van der Waals surface area contributed by atoms with Crippen LogP contribution in [0, 0.1) is 0 Å². The number of nitrogens with one attached hydrogen (secondary N) is 1. The van der Waals surface area contributed by atoms with Gasteiger partial charge < -0.3 is 10.6 Å². The third kappa shape index (κ3) is 5.17. The monoisotopic (exact) mass is 503 g/mol. The second kappa shape index (κ2) is 10.6. The van der Waals surface area contributed by atoms with Crippen LogP contribution in [0.3, 0.4) is 0 Å². The second-order valence-corrected chi connectivity index (χ2v) is 11.1. The van der Waals surface area contributed by atoms with Gasteiger partial charge in [-0.05, 0) is 62.3 Å². The zero-order valence-electron chi connectivity index (χ0n) is 21.9. The molecule has 0 bridgehead atoms. The average Bonchev–Trinajstić information content (AvgIpc) is 3.25. The smallest absolute Gasteiger partial charge is 0.215 e. The van der Waals surface area contributed by atoms with Crippen molar-refractivity contribution in [3.05, 3.63) is 47.2 Å². The summed E-state index contributed by atoms with van der Waals surface area (Å²) in [7, 11) is 0. The minimum absolute atomic E-state index is 0.297. The molecule has 3 heterocycles. The minimum Gasteiger partial charge on any atom is -0.369 e. The maximum absolute atomic E-state index is 6.72. The number of hydrogen-bond donors (Lipinski definition) is 3. The van der Waals surface area contributed by atoms with Gasteiger partial charge in [-0.2, -0.15) is 10.5 Å². The lowest BCUT2D eigenvalue weighted by atomic mass is 9.94. The van der Waals surface area contributed by atoms with Crippen molar-refractivity contribution in [3.63, 3.8) is 0 Å². The number of aromatic nitrogens is 2. The summed E-state index contributed by atoms with van der Waals surface area (Å²) in [5.74, 6) is -0.209. The van der Waals surface area contributed by atoms with Gasteiger partial charge in [0.05, 0.1) is 5.69 Å². The largest absolute Gasteiger partial charge is 0.369 e. The van der Waals surface area contributed by atoms with Crippen molar-refractivity contribution in [2.24, 2.45) is 16.5 Å². The number of nitrogens with zero attached hydrogens (tertiary/aromatic N) is 6. The van der Waals surface area contributed by atoms with E-state index in [1.54, 1.807) is 5.01 Å². The van der Waals surface area contributed by atoms with Crippen molar-refractivity contribution in [2.75, 3.05) is 36.1 Å². The average molecular weight is 504 g/mol. The molecule has 4 aliphatic rings. The molecule has 1 saturated carbocycles. The molecule has 0 amide bonds. The highest BCUT2D eigenvalue weighted by molar-refractivity contribution is 5.95. The maximum Gasteiger partial charge on any atom is 0.215 e. The first-order chi connectivity index (χ1) is 18.1. The molecule has 1 aromatic carbocycles. The Morgan fingerprint density at radius 2 is 1.54 bits per heavy atom. The van der Waals surface area contributed by atoms with Crippen LogP contribution in [0.5, 0.6) is 0 Å². The number of hydrogen-bond acceptors (Lipinski definition) is 9. The Kier molecular flexibility index (Phi) is 7.01. The first-order valence-corrected chi connectivity index (χ1v) is 14.3. The maximum atomic E-state index is 6.72. The Morgan fingerprint density at radius 1 is 0.838 bits per heavy atom. The van der Waals surface area contributed by atoms with E-state index in [0.717, 1.165) is 56.3 Å². The number of piperazine rings is 1. The number of aryl methyl sites for hydroxylation is 2. The number of anilines is 2. The van der Waals surface area contributed by atoms with Gasteiger partial charge in [0.2, 0.25) is 11.7 Å². The van der Waals surface area contributed by atoms with E-state index in [9.17, 15) is 0 Å². The molecule has 1 atom stereocenters. The highest BCUT2D eigenvalue weighted by Crippen LogP contribution is 2.29. The third-order valence-electron chi connectivity index (χ3n) is 8.67. The van der Waals surface area contributed by atoms with Crippen LogP contribution < -0.4 is 26.8 Å². The number of aliphatic imine (C=N–C) groups is 1. The van der Waals surface area contributed by atoms with E-state index in [1.165, 1.54) is 69.0 Å². The fourth-order valence-electron chi connectivity index (χ4n) is 6.45. The first kappa shape index (κ1) is 24.6. The van der Waals surface area contributed by atoms with E-state index >= 15 is 0 Å². The third-order valence-corrected chi connectivity index (χ3v) is 8.67. The van der Waals surface area contributed by atoms with E-state index in [1.807, 2.05) is 0 Å². The summed E-state index contributed by atoms with van der Waals surface area (Å²) in [6.45, 7) is 4.42. The Hall–Kier alpha value is -2.75. The van der Waals surface area contributed by atoms with Crippen molar-refractivity contribution >= 4 is 17.5 Å². The van der Waals surface area contributed by atoms with Crippen molar-refractivity contribution in [1.82, 2.24) is 20.5 Å². The highest BCUT2D eigenvalue weighted by atomic mass is 15.7. The van der Waals surface area contributed by atoms with E-state index in [2.05, 4.69) is 60.7 Å². The van der Waals surface area contributed by atoms with E-state index in [0.29, 0.717) is 11.8 Å². The van der Waals surface area contributed by atoms with Crippen LogP contribution in [-0.4, -0.2) is 53.3 Å². The summed E-state index contributed by atoms with van der Waals surface area (Å²) in [6.07, 6.45) is 13.8. The summed E-state index contributed by atoms with van der Waals surface area (Å²) in [5, 5.41) is 10.7. The summed E-state index contributed by atoms with van der Waals surface area (Å²) < 4.78 is 0. The number of rotatable bonds is 4. The number of fused-ring (bicyclic) bond motifs is 1. The Bertz CT molecular complexity index is 1100. The fourth-order valence-corrected chi connectivity index (χ4v) is 6.45. The Labute approximate surface area is 220 Å². The van der Waals surface area contributed by atoms with E-state index in [-0.39, 0.29) is 0 Å². The number of hydrazine groups is 1. The summed E-state index contributed by atoms with van der Waals surface area (Å²) >= 11 is 0. The predicted molar refractivity (Wildman–Crippen MR) is 148 cm³/mol. The standard InChI is InChI=1S/C28H41N9/c29-27-31-28(30,34-37(27)26-20-21-8-4-1-2-7-11-25(21)32-33-26)22-12-14-24(15-13-22)36-18-16-35(17-19-36)23-9-5-3-6-10-23/h12-15,20,23,34H,1-11,16-19,30H2,(H2,29,31). The van der Waals surface area contributed by atoms with Crippen LogP contribution >= 0.6 is 0 Å². The Morgan fingerprint density at radius 3 is 2.30 bits per heavy atom. The highest BCUT2D eigenvalue weighted by Gasteiger charge is 2.38. The lowest BCUT2D eigenvalue weighted by Gasteiger charge is -2.41. The van der Waals surface area contributed by atoms with Crippen molar-refractivity contribution < 1.29 is 0 Å². The molecule has 0 radical (unpaired) electrons. The van der Waals surface area contributed by atoms with Gasteiger partial charge in [-0.1, -0.05) is 44.2 Å². The van der Waals surface area contributed by atoms with Gasteiger partial charge in [0.25, 0.3) is 0 Å². The minimum atomic E-state index is -1.14. The molecule has 1 aromatic heterocycles. The molecule has 5 N–H and O–H groups in total. The van der Waals surface area contributed by atoms with E-state index < -0.39 is 5.79 Å². The van der Waals surface area contributed by atoms with Crippen LogP contribution in [0.1, 0.15) is 74.6 Å². The molecule has 6 rings (SSSR count). The summed E-state index contributed by atoms with van der Waals surface area (Å²) in [6, 6.07) is 11.3. The molecule has 9 nitrogen and oxygen atoms in total. The van der Waals surface area contributed by atoms with Crippen LogP contribution in [0.2, 0.25) is 0 Å². The molecule has 2 aliphatic heterocycles. The van der Waals surface area contributed by atoms with Gasteiger partial charge in [0.15, 0.2) is 5.82 Å². The number of nitrogens with two attached hydrogens (primary N) is 2. The summed E-state index contributed by atoms with van der Waals surface area (Å²) in [4.78, 5) is 9.78. The number of benzene rings is 1. The summed E-state index contributed by atoms with van der Waals surface area (Å²) in [5.41, 5.74) is 20.8.